The number of rotatable bonds is 4. The second-order valence-corrected chi connectivity index (χ2v) is 6.69. The third kappa shape index (κ3) is 3.66. The summed E-state index contributed by atoms with van der Waals surface area (Å²) in [5.74, 6) is 0.0462. The maximum atomic E-state index is 11.8. The fourth-order valence-electron chi connectivity index (χ4n) is 1.85. The summed E-state index contributed by atoms with van der Waals surface area (Å²) in [6, 6.07) is 4.14. The Bertz CT molecular complexity index is 430. The number of halogens is 1. The standard InChI is InChI=1S/C12H15BrN2OS/c13-11-4-3-10(17-11)5-6-15-12(16)8-1-2-9(14)7-8/h1-4,8-9H,5-7,14H2,(H,15,16). The summed E-state index contributed by atoms with van der Waals surface area (Å²) in [5.41, 5.74) is 5.72. The lowest BCUT2D eigenvalue weighted by Crippen LogP contribution is -2.32. The Kier molecular flexibility index (Phi) is 4.36. The minimum Gasteiger partial charge on any atom is -0.355 e. The van der Waals surface area contributed by atoms with Crippen LogP contribution in [0.25, 0.3) is 0 Å². The molecule has 0 radical (unpaired) electrons. The minimum atomic E-state index is -0.0416. The molecule has 0 aliphatic heterocycles. The molecule has 0 saturated carbocycles. The van der Waals surface area contributed by atoms with E-state index in [-0.39, 0.29) is 17.9 Å². The average molecular weight is 315 g/mol. The normalized spacial score (nSPS) is 22.9. The van der Waals surface area contributed by atoms with Crippen LogP contribution in [-0.4, -0.2) is 18.5 Å². The van der Waals surface area contributed by atoms with E-state index < -0.39 is 0 Å². The van der Waals surface area contributed by atoms with Gasteiger partial charge in [0.25, 0.3) is 0 Å². The predicted octanol–water partition coefficient (Wildman–Crippen LogP) is 2.07. The van der Waals surface area contributed by atoms with E-state index in [0.29, 0.717) is 6.54 Å². The average Bonchev–Trinajstić information content (AvgIpc) is 2.88. The SMILES string of the molecule is NC1C=CC(C(=O)NCCc2ccc(Br)s2)C1. The lowest BCUT2D eigenvalue weighted by molar-refractivity contribution is -0.123. The van der Waals surface area contributed by atoms with Crippen molar-refractivity contribution in [1.82, 2.24) is 5.32 Å². The van der Waals surface area contributed by atoms with Crippen molar-refractivity contribution in [3.8, 4) is 0 Å². The predicted molar refractivity (Wildman–Crippen MR) is 74.0 cm³/mol. The van der Waals surface area contributed by atoms with Crippen molar-refractivity contribution in [2.45, 2.75) is 18.9 Å². The molecule has 0 bridgehead atoms. The van der Waals surface area contributed by atoms with Crippen LogP contribution < -0.4 is 11.1 Å². The molecule has 0 spiro atoms. The molecule has 1 heterocycles. The summed E-state index contributed by atoms with van der Waals surface area (Å²) in [4.78, 5) is 13.0. The molecule has 0 fully saturated rings. The number of nitrogens with two attached hydrogens (primary N) is 1. The molecule has 0 saturated heterocycles. The van der Waals surface area contributed by atoms with Gasteiger partial charge in [0, 0.05) is 17.5 Å². The highest BCUT2D eigenvalue weighted by atomic mass is 79.9. The molecular formula is C12H15BrN2OS. The largest absolute Gasteiger partial charge is 0.355 e. The van der Waals surface area contributed by atoms with E-state index >= 15 is 0 Å². The maximum Gasteiger partial charge on any atom is 0.227 e. The molecule has 1 amide bonds. The van der Waals surface area contributed by atoms with Gasteiger partial charge >= 0.3 is 0 Å². The molecule has 2 rings (SSSR count). The van der Waals surface area contributed by atoms with Crippen LogP contribution in [0, 0.1) is 5.92 Å². The molecule has 5 heteroatoms. The van der Waals surface area contributed by atoms with Gasteiger partial charge in [-0.3, -0.25) is 4.79 Å². The molecule has 2 unspecified atom stereocenters. The van der Waals surface area contributed by atoms with Gasteiger partial charge in [-0.1, -0.05) is 12.2 Å². The van der Waals surface area contributed by atoms with Crippen molar-refractivity contribution in [3.63, 3.8) is 0 Å². The van der Waals surface area contributed by atoms with Crippen molar-refractivity contribution in [3.05, 3.63) is 32.9 Å². The third-order valence-electron chi connectivity index (χ3n) is 2.75. The Morgan fingerprint density at radius 1 is 1.53 bits per heavy atom. The Morgan fingerprint density at radius 2 is 2.35 bits per heavy atom. The third-order valence-corrected chi connectivity index (χ3v) is 4.44. The first-order valence-corrected chi connectivity index (χ1v) is 7.22. The number of carbonyl (C=O) groups excluding carboxylic acids is 1. The van der Waals surface area contributed by atoms with Crippen LogP contribution in [0.1, 0.15) is 11.3 Å². The lowest BCUT2D eigenvalue weighted by Gasteiger charge is -2.09. The van der Waals surface area contributed by atoms with Crippen LogP contribution in [0.3, 0.4) is 0 Å². The number of carbonyl (C=O) groups is 1. The molecule has 1 aliphatic carbocycles. The summed E-state index contributed by atoms with van der Waals surface area (Å²) in [6.07, 6.45) is 5.42. The van der Waals surface area contributed by atoms with Crippen molar-refractivity contribution < 1.29 is 4.79 Å². The van der Waals surface area contributed by atoms with Crippen molar-refractivity contribution >= 4 is 33.2 Å². The zero-order valence-corrected chi connectivity index (χ0v) is 11.8. The fourth-order valence-corrected chi connectivity index (χ4v) is 3.33. The highest BCUT2D eigenvalue weighted by Crippen LogP contribution is 2.22. The van der Waals surface area contributed by atoms with Crippen LogP contribution in [0.2, 0.25) is 0 Å². The van der Waals surface area contributed by atoms with E-state index in [9.17, 15) is 4.79 Å². The lowest BCUT2D eigenvalue weighted by atomic mass is 10.1. The number of nitrogens with one attached hydrogen (secondary N) is 1. The number of amides is 1. The van der Waals surface area contributed by atoms with E-state index in [1.165, 1.54) is 4.88 Å². The summed E-state index contributed by atoms with van der Waals surface area (Å²) < 4.78 is 1.13. The van der Waals surface area contributed by atoms with Gasteiger partial charge in [0.2, 0.25) is 5.91 Å². The van der Waals surface area contributed by atoms with Gasteiger partial charge in [-0.15, -0.1) is 11.3 Å². The molecule has 0 aromatic carbocycles. The zero-order valence-electron chi connectivity index (χ0n) is 9.36. The van der Waals surface area contributed by atoms with Gasteiger partial charge in [0.1, 0.15) is 0 Å². The number of thiophene rings is 1. The van der Waals surface area contributed by atoms with Crippen LogP contribution in [0.5, 0.6) is 0 Å². The second kappa shape index (κ2) is 5.80. The first kappa shape index (κ1) is 12.8. The molecule has 17 heavy (non-hydrogen) atoms. The van der Waals surface area contributed by atoms with E-state index in [1.54, 1.807) is 11.3 Å². The Hall–Kier alpha value is -0.650. The second-order valence-electron chi connectivity index (χ2n) is 4.14. The summed E-state index contributed by atoms with van der Waals surface area (Å²) in [7, 11) is 0. The Labute approximate surface area is 113 Å². The quantitative estimate of drug-likeness (QED) is 0.836. The fraction of sp³-hybridized carbons (Fsp3) is 0.417. The van der Waals surface area contributed by atoms with Gasteiger partial charge in [-0.05, 0) is 40.9 Å². The van der Waals surface area contributed by atoms with Gasteiger partial charge < -0.3 is 11.1 Å². The summed E-state index contributed by atoms with van der Waals surface area (Å²) in [6.45, 7) is 0.686. The highest BCUT2D eigenvalue weighted by molar-refractivity contribution is 9.11. The molecule has 1 aromatic heterocycles. The summed E-state index contributed by atoms with van der Waals surface area (Å²) in [5, 5.41) is 2.95. The number of hydrogen-bond donors (Lipinski definition) is 2. The Balaban J connectivity index is 1.72. The van der Waals surface area contributed by atoms with Crippen LogP contribution in [-0.2, 0) is 11.2 Å². The van der Waals surface area contributed by atoms with Crippen LogP contribution in [0.4, 0.5) is 0 Å². The van der Waals surface area contributed by atoms with E-state index in [1.807, 2.05) is 18.2 Å². The molecule has 3 nitrogen and oxygen atoms in total. The molecule has 92 valence electrons. The van der Waals surface area contributed by atoms with Gasteiger partial charge in [-0.2, -0.15) is 0 Å². The van der Waals surface area contributed by atoms with Gasteiger partial charge in [0.15, 0.2) is 0 Å². The van der Waals surface area contributed by atoms with Crippen molar-refractivity contribution in [1.29, 1.82) is 0 Å². The monoisotopic (exact) mass is 314 g/mol. The van der Waals surface area contributed by atoms with Crippen LogP contribution >= 0.6 is 27.3 Å². The molecule has 1 aromatic rings. The molecule has 1 aliphatic rings. The van der Waals surface area contributed by atoms with Crippen molar-refractivity contribution in [2.75, 3.05) is 6.54 Å². The Morgan fingerprint density at radius 3 is 2.94 bits per heavy atom. The number of hydrogen-bond acceptors (Lipinski definition) is 3. The first-order valence-electron chi connectivity index (χ1n) is 5.61. The van der Waals surface area contributed by atoms with Crippen molar-refractivity contribution in [2.24, 2.45) is 11.7 Å². The maximum absolute atomic E-state index is 11.8. The first-order chi connectivity index (χ1) is 8.15. The summed E-state index contributed by atoms with van der Waals surface area (Å²) >= 11 is 5.13. The van der Waals surface area contributed by atoms with E-state index in [4.69, 9.17) is 5.73 Å². The van der Waals surface area contributed by atoms with E-state index in [0.717, 1.165) is 16.6 Å². The van der Waals surface area contributed by atoms with Crippen LogP contribution in [0.15, 0.2) is 28.1 Å². The highest BCUT2D eigenvalue weighted by Gasteiger charge is 2.21. The molecular weight excluding hydrogens is 300 g/mol. The minimum absolute atomic E-state index is 0.0407. The van der Waals surface area contributed by atoms with Gasteiger partial charge in [-0.25, -0.2) is 0 Å². The topological polar surface area (TPSA) is 55.1 Å². The molecule has 3 N–H and O–H groups in total. The zero-order chi connectivity index (χ0) is 12.3. The van der Waals surface area contributed by atoms with Gasteiger partial charge in [0.05, 0.1) is 9.70 Å². The van der Waals surface area contributed by atoms with E-state index in [2.05, 4.69) is 27.3 Å². The molecule has 2 atom stereocenters. The smallest absolute Gasteiger partial charge is 0.227 e.